The molecule has 0 saturated heterocycles. The summed E-state index contributed by atoms with van der Waals surface area (Å²) in [6.45, 7) is 5.29. The minimum absolute atomic E-state index is 0.131. The van der Waals surface area contributed by atoms with Gasteiger partial charge in [-0.25, -0.2) is 0 Å². The van der Waals surface area contributed by atoms with E-state index in [1.807, 2.05) is 0 Å². The van der Waals surface area contributed by atoms with Crippen molar-refractivity contribution in [2.45, 2.75) is 26.4 Å². The predicted octanol–water partition coefficient (Wildman–Crippen LogP) is 3.57. The molecule has 0 spiro atoms. The first-order valence-corrected chi connectivity index (χ1v) is 8.50. The highest BCUT2D eigenvalue weighted by Gasteiger charge is 2.09. The maximum atomic E-state index is 8.78. The van der Waals surface area contributed by atoms with Crippen molar-refractivity contribution in [3.8, 4) is 11.8 Å². The second kappa shape index (κ2) is 8.23. The van der Waals surface area contributed by atoms with Crippen molar-refractivity contribution in [2.75, 3.05) is 13.2 Å². The SMILES string of the molecule is CCN(Cc1cccs1)Cc1sccc1C#CCCO. The number of nitrogens with zero attached hydrogens (tertiary/aromatic N) is 1. The van der Waals surface area contributed by atoms with Crippen molar-refractivity contribution in [1.82, 2.24) is 4.90 Å². The van der Waals surface area contributed by atoms with Gasteiger partial charge in [-0.3, -0.25) is 4.90 Å². The molecule has 2 heterocycles. The second-order valence-corrected chi connectivity index (χ2v) is 6.45. The van der Waals surface area contributed by atoms with E-state index in [-0.39, 0.29) is 6.61 Å². The van der Waals surface area contributed by atoms with E-state index in [1.165, 1.54) is 9.75 Å². The largest absolute Gasteiger partial charge is 0.395 e. The fourth-order valence-corrected chi connectivity index (χ4v) is 3.51. The van der Waals surface area contributed by atoms with Crippen molar-refractivity contribution in [3.05, 3.63) is 44.3 Å². The quantitative estimate of drug-likeness (QED) is 0.825. The molecule has 20 heavy (non-hydrogen) atoms. The highest BCUT2D eigenvalue weighted by molar-refractivity contribution is 7.10. The number of hydrogen-bond donors (Lipinski definition) is 1. The normalized spacial score (nSPS) is 10.6. The second-order valence-electron chi connectivity index (χ2n) is 4.42. The van der Waals surface area contributed by atoms with Gasteiger partial charge >= 0.3 is 0 Å². The Kier molecular flexibility index (Phi) is 6.28. The topological polar surface area (TPSA) is 23.5 Å². The van der Waals surface area contributed by atoms with E-state index < -0.39 is 0 Å². The molecular weight excluding hydrogens is 286 g/mol. The van der Waals surface area contributed by atoms with Crippen LogP contribution in [0.15, 0.2) is 29.0 Å². The fraction of sp³-hybridized carbons (Fsp3) is 0.375. The van der Waals surface area contributed by atoms with Crippen molar-refractivity contribution in [1.29, 1.82) is 0 Å². The summed E-state index contributed by atoms with van der Waals surface area (Å²) in [7, 11) is 0. The number of rotatable bonds is 6. The lowest BCUT2D eigenvalue weighted by atomic mass is 10.2. The molecule has 0 aliphatic carbocycles. The highest BCUT2D eigenvalue weighted by atomic mass is 32.1. The van der Waals surface area contributed by atoms with Gasteiger partial charge in [0.1, 0.15) is 0 Å². The molecule has 0 unspecified atom stereocenters. The molecular formula is C16H19NOS2. The van der Waals surface area contributed by atoms with Gasteiger partial charge in [-0.15, -0.1) is 22.7 Å². The minimum atomic E-state index is 0.131. The molecule has 0 aliphatic heterocycles. The van der Waals surface area contributed by atoms with Crippen LogP contribution in [-0.4, -0.2) is 23.2 Å². The van der Waals surface area contributed by atoms with Crippen molar-refractivity contribution in [2.24, 2.45) is 0 Å². The Bertz CT molecular complexity index is 563. The van der Waals surface area contributed by atoms with E-state index in [0.29, 0.717) is 6.42 Å². The molecule has 0 bridgehead atoms. The van der Waals surface area contributed by atoms with Crippen LogP contribution in [0.5, 0.6) is 0 Å². The van der Waals surface area contributed by atoms with Crippen LogP contribution in [0, 0.1) is 11.8 Å². The van der Waals surface area contributed by atoms with Gasteiger partial charge in [0.2, 0.25) is 0 Å². The van der Waals surface area contributed by atoms with Crippen LogP contribution in [0.2, 0.25) is 0 Å². The first-order chi connectivity index (χ1) is 9.83. The summed E-state index contributed by atoms with van der Waals surface area (Å²) in [5.41, 5.74) is 1.10. The van der Waals surface area contributed by atoms with Crippen LogP contribution >= 0.6 is 22.7 Å². The van der Waals surface area contributed by atoms with Crippen LogP contribution in [0.4, 0.5) is 0 Å². The van der Waals surface area contributed by atoms with Gasteiger partial charge in [0.25, 0.3) is 0 Å². The Hall–Kier alpha value is -1.12. The lowest BCUT2D eigenvalue weighted by Crippen LogP contribution is -2.21. The van der Waals surface area contributed by atoms with Gasteiger partial charge in [0.05, 0.1) is 6.61 Å². The Morgan fingerprint density at radius 3 is 2.80 bits per heavy atom. The van der Waals surface area contributed by atoms with Crippen molar-refractivity contribution in [3.63, 3.8) is 0 Å². The van der Waals surface area contributed by atoms with Gasteiger partial charge in [-0.05, 0) is 29.4 Å². The van der Waals surface area contributed by atoms with Gasteiger partial charge in [0.15, 0.2) is 0 Å². The molecule has 2 rings (SSSR count). The molecule has 2 aromatic heterocycles. The predicted molar refractivity (Wildman–Crippen MR) is 87.0 cm³/mol. The summed E-state index contributed by atoms with van der Waals surface area (Å²) < 4.78 is 0. The highest BCUT2D eigenvalue weighted by Crippen LogP contribution is 2.20. The lowest BCUT2D eigenvalue weighted by molar-refractivity contribution is 0.276. The zero-order valence-electron chi connectivity index (χ0n) is 11.6. The molecule has 2 aromatic rings. The molecule has 0 amide bonds. The molecule has 0 radical (unpaired) electrons. The van der Waals surface area contributed by atoms with E-state index in [1.54, 1.807) is 22.7 Å². The van der Waals surface area contributed by atoms with E-state index in [2.05, 4.69) is 52.6 Å². The monoisotopic (exact) mass is 305 g/mol. The van der Waals surface area contributed by atoms with Crippen LogP contribution in [0.25, 0.3) is 0 Å². The van der Waals surface area contributed by atoms with Gasteiger partial charge in [0, 0.05) is 34.8 Å². The summed E-state index contributed by atoms with van der Waals surface area (Å²) in [6, 6.07) is 6.36. The zero-order chi connectivity index (χ0) is 14.2. The smallest absolute Gasteiger partial charge is 0.0540 e. The lowest BCUT2D eigenvalue weighted by Gasteiger charge is -2.19. The van der Waals surface area contributed by atoms with E-state index >= 15 is 0 Å². The van der Waals surface area contributed by atoms with E-state index in [0.717, 1.165) is 25.2 Å². The van der Waals surface area contributed by atoms with Gasteiger partial charge in [-0.2, -0.15) is 0 Å². The first kappa shape index (κ1) is 15.3. The maximum absolute atomic E-state index is 8.78. The maximum Gasteiger partial charge on any atom is 0.0540 e. The molecule has 2 nitrogen and oxygen atoms in total. The van der Waals surface area contributed by atoms with Crippen molar-refractivity contribution >= 4 is 22.7 Å². The number of aliphatic hydroxyl groups is 1. The number of thiophene rings is 2. The summed E-state index contributed by atoms with van der Waals surface area (Å²) in [6.07, 6.45) is 0.544. The average Bonchev–Trinajstić information content (AvgIpc) is 3.10. The third-order valence-corrected chi connectivity index (χ3v) is 4.75. The van der Waals surface area contributed by atoms with Gasteiger partial charge < -0.3 is 5.11 Å². The standard InChI is InChI=1S/C16H19NOS2/c1-2-17(12-15-7-5-10-19-15)13-16-14(8-11-20-16)6-3-4-9-18/h5,7-8,10-11,18H,2,4,9,12-13H2,1H3. The Morgan fingerprint density at radius 2 is 2.10 bits per heavy atom. The van der Waals surface area contributed by atoms with Crippen molar-refractivity contribution < 1.29 is 5.11 Å². The third kappa shape index (κ3) is 4.46. The molecule has 0 atom stereocenters. The summed E-state index contributed by atoms with van der Waals surface area (Å²) >= 11 is 3.57. The molecule has 0 fully saturated rings. The van der Waals surface area contributed by atoms with Crippen LogP contribution in [0.1, 0.15) is 28.7 Å². The fourth-order valence-electron chi connectivity index (χ4n) is 1.89. The van der Waals surface area contributed by atoms with E-state index in [4.69, 9.17) is 5.11 Å². The number of aliphatic hydroxyl groups excluding tert-OH is 1. The van der Waals surface area contributed by atoms with Crippen LogP contribution in [-0.2, 0) is 13.1 Å². The molecule has 1 N–H and O–H groups in total. The molecule has 0 aliphatic rings. The Morgan fingerprint density at radius 1 is 1.20 bits per heavy atom. The zero-order valence-corrected chi connectivity index (χ0v) is 13.3. The Balaban J connectivity index is 2.01. The third-order valence-electron chi connectivity index (χ3n) is 2.98. The summed E-state index contributed by atoms with van der Waals surface area (Å²) in [5.74, 6) is 6.16. The molecule has 0 aromatic carbocycles. The number of hydrogen-bond acceptors (Lipinski definition) is 4. The molecule has 4 heteroatoms. The summed E-state index contributed by atoms with van der Waals surface area (Å²) in [4.78, 5) is 5.14. The first-order valence-electron chi connectivity index (χ1n) is 6.74. The molecule has 0 saturated carbocycles. The minimum Gasteiger partial charge on any atom is -0.395 e. The van der Waals surface area contributed by atoms with Gasteiger partial charge in [-0.1, -0.05) is 24.8 Å². The summed E-state index contributed by atoms with van der Waals surface area (Å²) in [5, 5.41) is 13.0. The van der Waals surface area contributed by atoms with E-state index in [9.17, 15) is 0 Å². The average molecular weight is 305 g/mol. The molecule has 106 valence electrons. The van der Waals surface area contributed by atoms with Crippen LogP contribution in [0.3, 0.4) is 0 Å². The Labute approximate surface area is 128 Å². The van der Waals surface area contributed by atoms with Crippen LogP contribution < -0.4 is 0 Å².